The number of alkyl halides is 3. The third-order valence-electron chi connectivity index (χ3n) is 5.75. The first kappa shape index (κ1) is 24.3. The topological polar surface area (TPSA) is 71.4 Å². The van der Waals surface area contributed by atoms with Crippen molar-refractivity contribution in [2.24, 2.45) is 4.99 Å². The molecule has 1 amide bonds. The molecule has 0 saturated carbocycles. The number of amides is 1. The van der Waals surface area contributed by atoms with Gasteiger partial charge in [0.2, 0.25) is 5.91 Å². The van der Waals surface area contributed by atoms with Gasteiger partial charge in [-0.1, -0.05) is 36.0 Å². The Balaban J connectivity index is 1.80. The molecule has 0 unspecified atom stereocenters. The number of aryl methyl sites for hydroxylation is 1. The molecule has 1 aromatic carbocycles. The fraction of sp³-hybridized carbons (Fsp3) is 0.435. The Labute approximate surface area is 199 Å². The number of hydrogen-bond acceptors (Lipinski definition) is 7. The lowest BCUT2D eigenvalue weighted by molar-refractivity contribution is -0.140. The molecule has 0 spiro atoms. The summed E-state index contributed by atoms with van der Waals surface area (Å²) in [5.41, 5.74) is -0.164. The Bertz CT molecular complexity index is 1080. The molecule has 0 aliphatic carbocycles. The number of carbonyl (C=O) groups is 2. The number of amidine groups is 1. The van der Waals surface area contributed by atoms with E-state index >= 15 is 0 Å². The first-order chi connectivity index (χ1) is 16.2. The molecule has 7 nitrogen and oxygen atoms in total. The number of morpholine rings is 1. The van der Waals surface area contributed by atoms with Crippen LogP contribution in [0.4, 0.5) is 13.2 Å². The van der Waals surface area contributed by atoms with Crippen molar-refractivity contribution in [1.29, 1.82) is 0 Å². The number of aliphatic imine (C=N–C) groups is 1. The van der Waals surface area contributed by atoms with Gasteiger partial charge in [0.25, 0.3) is 0 Å². The highest BCUT2D eigenvalue weighted by molar-refractivity contribution is 8.16. The fourth-order valence-electron chi connectivity index (χ4n) is 4.16. The fourth-order valence-corrected chi connectivity index (χ4v) is 5.07. The minimum Gasteiger partial charge on any atom is -0.463 e. The summed E-state index contributed by atoms with van der Waals surface area (Å²) in [4.78, 5) is 32.9. The Hall–Kier alpha value is -2.79. The second-order valence-electron chi connectivity index (χ2n) is 7.90. The summed E-state index contributed by atoms with van der Waals surface area (Å²) in [7, 11) is 0. The molecule has 1 saturated heterocycles. The lowest BCUT2D eigenvalue weighted by Gasteiger charge is -2.38. The normalized spacial score (nSPS) is 20.7. The second-order valence-corrected chi connectivity index (χ2v) is 8.74. The van der Waals surface area contributed by atoms with Crippen molar-refractivity contribution in [3.05, 3.63) is 57.8 Å². The van der Waals surface area contributed by atoms with Crippen molar-refractivity contribution in [2.75, 3.05) is 32.9 Å². The van der Waals surface area contributed by atoms with Gasteiger partial charge in [-0.15, -0.1) is 0 Å². The quantitative estimate of drug-likeness (QED) is 0.577. The number of esters is 1. The highest BCUT2D eigenvalue weighted by Gasteiger charge is 2.49. The summed E-state index contributed by atoms with van der Waals surface area (Å²) in [5.74, 6) is -1.25. The summed E-state index contributed by atoms with van der Waals surface area (Å²) >= 11 is 1.01. The van der Waals surface area contributed by atoms with Gasteiger partial charge in [0.15, 0.2) is 10.9 Å². The number of fused-ring (bicyclic) bond motifs is 1. The van der Waals surface area contributed by atoms with Crippen LogP contribution in [0.3, 0.4) is 0 Å². The number of carbonyl (C=O) groups excluding carboxylic acids is 2. The summed E-state index contributed by atoms with van der Waals surface area (Å²) in [5, 5.41) is 1.70. The third kappa shape index (κ3) is 4.72. The first-order valence-corrected chi connectivity index (χ1v) is 11.7. The molecule has 0 bridgehead atoms. The maximum absolute atomic E-state index is 14.1. The molecule has 3 aliphatic rings. The number of hydrogen-bond donors (Lipinski definition) is 0. The molecule has 1 aromatic rings. The highest BCUT2D eigenvalue weighted by atomic mass is 32.2. The molecular weight excluding hydrogens is 471 g/mol. The number of thioether (sulfide) groups is 1. The highest BCUT2D eigenvalue weighted by Crippen LogP contribution is 2.48. The Morgan fingerprint density at radius 3 is 2.59 bits per heavy atom. The van der Waals surface area contributed by atoms with Crippen LogP contribution in [0.2, 0.25) is 0 Å². The lowest BCUT2D eigenvalue weighted by atomic mass is 9.90. The smallest absolute Gasteiger partial charge is 0.434 e. The zero-order valence-corrected chi connectivity index (χ0v) is 19.5. The van der Waals surface area contributed by atoms with Crippen LogP contribution in [0.25, 0.3) is 0 Å². The zero-order valence-electron chi connectivity index (χ0n) is 18.7. The maximum atomic E-state index is 14.1. The van der Waals surface area contributed by atoms with E-state index in [1.54, 1.807) is 46.4 Å². The van der Waals surface area contributed by atoms with E-state index < -0.39 is 29.5 Å². The van der Waals surface area contributed by atoms with Crippen LogP contribution in [0.15, 0.2) is 51.6 Å². The molecule has 1 fully saturated rings. The van der Waals surface area contributed by atoms with Gasteiger partial charge in [-0.05, 0) is 30.4 Å². The van der Waals surface area contributed by atoms with Crippen molar-refractivity contribution >= 4 is 28.8 Å². The Morgan fingerprint density at radius 1 is 1.24 bits per heavy atom. The van der Waals surface area contributed by atoms with E-state index in [0.717, 1.165) is 11.8 Å². The van der Waals surface area contributed by atoms with E-state index in [1.165, 1.54) is 6.92 Å². The predicted molar refractivity (Wildman–Crippen MR) is 121 cm³/mol. The van der Waals surface area contributed by atoms with Gasteiger partial charge in [-0.25, -0.2) is 9.79 Å². The van der Waals surface area contributed by atoms with Gasteiger partial charge in [-0.2, -0.15) is 13.2 Å². The van der Waals surface area contributed by atoms with Crippen molar-refractivity contribution < 1.29 is 32.2 Å². The number of ether oxygens (including phenoxy) is 2. The summed E-state index contributed by atoms with van der Waals surface area (Å²) in [6.07, 6.45) is -4.90. The van der Waals surface area contributed by atoms with Gasteiger partial charge >= 0.3 is 12.1 Å². The number of allylic oxidation sites excluding steroid dienone is 1. The van der Waals surface area contributed by atoms with Gasteiger partial charge < -0.3 is 19.3 Å². The molecule has 11 heteroatoms. The molecular formula is C23H24F3N3O4S. The van der Waals surface area contributed by atoms with Crippen LogP contribution >= 0.6 is 11.8 Å². The Kier molecular flexibility index (Phi) is 7.04. The van der Waals surface area contributed by atoms with Crippen LogP contribution in [-0.2, 0) is 19.1 Å². The van der Waals surface area contributed by atoms with Crippen LogP contribution < -0.4 is 0 Å². The monoisotopic (exact) mass is 495 g/mol. The van der Waals surface area contributed by atoms with Gasteiger partial charge in [0.1, 0.15) is 0 Å². The van der Waals surface area contributed by atoms with E-state index in [2.05, 4.69) is 4.99 Å². The van der Waals surface area contributed by atoms with E-state index in [-0.39, 0.29) is 24.1 Å². The van der Waals surface area contributed by atoms with Crippen molar-refractivity contribution in [2.45, 2.75) is 32.5 Å². The molecule has 1 atom stereocenters. The predicted octanol–water partition coefficient (Wildman–Crippen LogP) is 3.92. The minimum absolute atomic E-state index is 0.0359. The average molecular weight is 496 g/mol. The van der Waals surface area contributed by atoms with Crippen LogP contribution in [0.1, 0.15) is 30.5 Å². The largest absolute Gasteiger partial charge is 0.463 e. The average Bonchev–Trinajstić information content (AvgIpc) is 3.21. The van der Waals surface area contributed by atoms with E-state index in [0.29, 0.717) is 43.1 Å². The molecule has 3 aliphatic heterocycles. The number of nitrogens with zero attached hydrogens (tertiary/aromatic N) is 3. The first-order valence-electron chi connectivity index (χ1n) is 10.9. The molecule has 0 N–H and O–H groups in total. The SMILES string of the molecule is CCOC(=O)C1=C(C(F)(F)F)N=C2SC=C(CC(=O)N3CCOCC3)N2[C@@H]1c1ccccc1C. The van der Waals surface area contributed by atoms with Crippen molar-refractivity contribution in [1.82, 2.24) is 9.80 Å². The molecule has 3 heterocycles. The second kappa shape index (κ2) is 9.83. The van der Waals surface area contributed by atoms with Gasteiger partial charge in [-0.3, -0.25) is 4.79 Å². The van der Waals surface area contributed by atoms with E-state index in [9.17, 15) is 22.8 Å². The molecule has 0 radical (unpaired) electrons. The zero-order chi connectivity index (χ0) is 24.5. The van der Waals surface area contributed by atoms with Gasteiger partial charge in [0, 0.05) is 18.8 Å². The molecule has 34 heavy (non-hydrogen) atoms. The number of halogens is 3. The maximum Gasteiger partial charge on any atom is 0.434 e. The minimum atomic E-state index is -4.87. The number of benzene rings is 1. The Morgan fingerprint density at radius 2 is 1.94 bits per heavy atom. The van der Waals surface area contributed by atoms with Crippen LogP contribution in [-0.4, -0.2) is 65.9 Å². The van der Waals surface area contributed by atoms with Crippen LogP contribution in [0.5, 0.6) is 0 Å². The van der Waals surface area contributed by atoms with E-state index in [1.807, 2.05) is 0 Å². The summed E-state index contributed by atoms with van der Waals surface area (Å²) in [6, 6.07) is 5.79. The van der Waals surface area contributed by atoms with Gasteiger partial charge in [0.05, 0.1) is 37.9 Å². The van der Waals surface area contributed by atoms with Crippen LogP contribution in [0, 0.1) is 6.92 Å². The van der Waals surface area contributed by atoms with E-state index in [4.69, 9.17) is 9.47 Å². The molecule has 4 rings (SSSR count). The third-order valence-corrected chi connectivity index (χ3v) is 6.64. The lowest BCUT2D eigenvalue weighted by Crippen LogP contribution is -2.43. The summed E-state index contributed by atoms with van der Waals surface area (Å²) in [6.45, 7) is 4.99. The van der Waals surface area contributed by atoms with Crippen molar-refractivity contribution in [3.8, 4) is 0 Å². The molecule has 182 valence electrons. The summed E-state index contributed by atoms with van der Waals surface area (Å²) < 4.78 is 52.6. The standard InChI is InChI=1S/C23H24F3N3O4S/c1-3-33-21(31)18-19(16-7-5-4-6-14(16)2)29-15(12-17(30)28-8-10-32-11-9-28)13-34-22(29)27-20(18)23(24,25)26/h4-7,13,19H,3,8-12H2,1-2H3/t19-/m1/s1. The molecule has 0 aromatic heterocycles. The van der Waals surface area contributed by atoms with Crippen molar-refractivity contribution in [3.63, 3.8) is 0 Å². The number of rotatable bonds is 5.